The summed E-state index contributed by atoms with van der Waals surface area (Å²) in [5.74, 6) is 0. The van der Waals surface area contributed by atoms with Crippen molar-refractivity contribution < 1.29 is 6.85 Å². The summed E-state index contributed by atoms with van der Waals surface area (Å²) in [6, 6.07) is 51.6. The quantitative estimate of drug-likeness (QED) is 0.138. The Morgan fingerprint density at radius 2 is 0.688 bits per heavy atom. The van der Waals surface area contributed by atoms with Crippen molar-refractivity contribution in [2.45, 2.75) is 0 Å². The Morgan fingerprint density at radius 3 is 1.19 bits per heavy atom. The second-order valence-corrected chi connectivity index (χ2v) is 12.5. The second-order valence-electron chi connectivity index (χ2n) is 12.5. The van der Waals surface area contributed by atoms with Gasteiger partial charge in [-0.2, -0.15) is 0 Å². The van der Waals surface area contributed by atoms with Crippen molar-refractivity contribution >= 4 is 64.6 Å². The first-order valence-corrected chi connectivity index (χ1v) is 16.3. The molecule has 0 aromatic heterocycles. The van der Waals surface area contributed by atoms with E-state index in [0.717, 1.165) is 86.9 Å². The molecule has 0 radical (unpaired) electrons. The van der Waals surface area contributed by atoms with Crippen molar-refractivity contribution in [2.24, 2.45) is 0 Å². The van der Waals surface area contributed by atoms with Crippen molar-refractivity contribution in [2.75, 3.05) is 0 Å². The highest BCUT2D eigenvalue weighted by Gasteiger charge is 2.18. The molecule has 0 saturated heterocycles. The Bertz CT molecular complexity index is 2970. The summed E-state index contributed by atoms with van der Waals surface area (Å²) in [4.78, 5) is 0. The third kappa shape index (κ3) is 4.16. The molecule has 0 amide bonds. The second kappa shape index (κ2) is 10.7. The van der Waals surface area contributed by atoms with E-state index < -0.39 is 6.04 Å². The van der Waals surface area contributed by atoms with Crippen molar-refractivity contribution in [3.05, 3.63) is 182 Å². The highest BCUT2D eigenvalue weighted by molar-refractivity contribution is 6.22. The van der Waals surface area contributed by atoms with Gasteiger partial charge in [-0.1, -0.05) is 152 Å². The molecule has 0 fully saturated rings. The van der Waals surface area contributed by atoms with Crippen molar-refractivity contribution in [3.8, 4) is 33.4 Å². The summed E-state index contributed by atoms with van der Waals surface area (Å²) in [5.41, 5.74) is 4.64. The fourth-order valence-corrected chi connectivity index (χ4v) is 7.72. The van der Waals surface area contributed by atoms with E-state index in [4.69, 9.17) is 6.85 Å². The van der Waals surface area contributed by atoms with Gasteiger partial charge in [0, 0.05) is 0 Å². The van der Waals surface area contributed by atoms with Gasteiger partial charge in [-0.15, -0.1) is 0 Å². The molecule has 0 nitrogen and oxygen atoms in total. The predicted molar refractivity (Wildman–Crippen MR) is 208 cm³/mol. The molecule has 0 heteroatoms. The average Bonchev–Trinajstić information content (AvgIpc) is 3.20. The summed E-state index contributed by atoms with van der Waals surface area (Å²) in [6.07, 6.45) is 0. The van der Waals surface area contributed by atoms with Crippen LogP contribution in [0.4, 0.5) is 0 Å². The molecule has 0 aliphatic heterocycles. The van der Waals surface area contributed by atoms with Crippen LogP contribution in [-0.4, -0.2) is 0 Å². The van der Waals surface area contributed by atoms with E-state index in [1.807, 2.05) is 12.1 Å². The normalized spacial score (nSPS) is 13.2. The average molecular weight is 612 g/mol. The Morgan fingerprint density at radius 1 is 0.271 bits per heavy atom. The van der Waals surface area contributed by atoms with Crippen LogP contribution in [-0.2, 0) is 0 Å². The molecular weight excluding hydrogens is 577 g/mol. The van der Waals surface area contributed by atoms with Crippen LogP contribution in [0.15, 0.2) is 182 Å². The van der Waals surface area contributed by atoms with Gasteiger partial charge in [-0.05, 0) is 128 Å². The van der Waals surface area contributed by atoms with Gasteiger partial charge >= 0.3 is 0 Å². The zero-order valence-corrected chi connectivity index (χ0v) is 25.9. The molecule has 0 N–H and O–H groups in total. The first-order valence-electron chi connectivity index (χ1n) is 18.8. The molecule has 0 unspecified atom stereocenters. The Kier molecular flexibility index (Phi) is 4.95. The monoisotopic (exact) mass is 611 g/mol. The summed E-state index contributed by atoms with van der Waals surface area (Å²) in [7, 11) is 0. The summed E-state index contributed by atoms with van der Waals surface area (Å²) in [5, 5.41) is 13.4. The molecule has 0 heterocycles. The first-order chi connectivity index (χ1) is 25.9. The highest BCUT2D eigenvalue weighted by Crippen LogP contribution is 2.45. The van der Waals surface area contributed by atoms with Gasteiger partial charge in [0.1, 0.15) is 0 Å². The first kappa shape index (κ1) is 22.3. The van der Waals surface area contributed by atoms with Gasteiger partial charge in [-0.25, -0.2) is 0 Å². The lowest BCUT2D eigenvalue weighted by atomic mass is 9.85. The van der Waals surface area contributed by atoms with E-state index in [-0.39, 0.29) is 29.7 Å². The fraction of sp³-hybridized carbons (Fsp3) is 0. The third-order valence-corrected chi connectivity index (χ3v) is 9.84. The molecule has 10 aromatic carbocycles. The summed E-state index contributed by atoms with van der Waals surface area (Å²) < 4.78 is 43.7. The van der Waals surface area contributed by atoms with Gasteiger partial charge in [0.2, 0.25) is 0 Å². The smallest absolute Gasteiger partial charge is 0.0622 e. The molecule has 0 bridgehead atoms. The standard InChI is InChI=1S/C48H30/c1-2-12-31(13-3-1)36-26-37(47-41-20-10-6-16-34(41)29-45-39-18-8-4-14-32(39)22-24-43(45)47)28-38(27-36)48-42-21-11-7-17-35(42)30-46-40-19-9-5-15-33(40)23-25-44(46)48/h1-30H/i1D,2D,3D,12D,13D. The van der Waals surface area contributed by atoms with Crippen LogP contribution in [0.2, 0.25) is 0 Å². The minimum absolute atomic E-state index is 0.184. The zero-order chi connectivity index (χ0) is 36.0. The maximum absolute atomic E-state index is 9.06. The summed E-state index contributed by atoms with van der Waals surface area (Å²) >= 11 is 0. The van der Waals surface area contributed by atoms with Crippen LogP contribution in [0.1, 0.15) is 6.85 Å². The van der Waals surface area contributed by atoms with Gasteiger partial charge in [0.15, 0.2) is 0 Å². The van der Waals surface area contributed by atoms with Crippen molar-refractivity contribution in [1.82, 2.24) is 0 Å². The van der Waals surface area contributed by atoms with Gasteiger partial charge in [-0.3, -0.25) is 0 Å². The minimum atomic E-state index is -0.404. The van der Waals surface area contributed by atoms with Crippen molar-refractivity contribution in [1.29, 1.82) is 0 Å². The molecule has 0 atom stereocenters. The summed E-state index contributed by atoms with van der Waals surface area (Å²) in [6.45, 7) is 0. The third-order valence-electron chi connectivity index (χ3n) is 9.84. The number of rotatable bonds is 3. The van der Waals surface area contributed by atoms with Crippen LogP contribution >= 0.6 is 0 Å². The molecule has 0 aliphatic rings. The molecule has 48 heavy (non-hydrogen) atoms. The molecule has 0 spiro atoms. The largest absolute Gasteiger partial charge is 0.0629 e. The lowest BCUT2D eigenvalue weighted by Gasteiger charge is -2.19. The van der Waals surface area contributed by atoms with Gasteiger partial charge in [0.25, 0.3) is 0 Å². The molecule has 0 aliphatic carbocycles. The Balaban J connectivity index is 1.40. The fourth-order valence-electron chi connectivity index (χ4n) is 7.72. The maximum atomic E-state index is 9.06. The molecule has 222 valence electrons. The van der Waals surface area contributed by atoms with E-state index in [9.17, 15) is 0 Å². The van der Waals surface area contributed by atoms with Crippen LogP contribution in [0.25, 0.3) is 98.0 Å². The topological polar surface area (TPSA) is 0 Å². The molecule has 10 rings (SSSR count). The van der Waals surface area contributed by atoms with E-state index >= 15 is 0 Å². The molecular formula is C48H30. The number of hydrogen-bond acceptors (Lipinski definition) is 0. The van der Waals surface area contributed by atoms with Crippen LogP contribution in [0.5, 0.6) is 0 Å². The van der Waals surface area contributed by atoms with Crippen LogP contribution < -0.4 is 0 Å². The van der Waals surface area contributed by atoms with E-state index in [0.29, 0.717) is 5.56 Å². The van der Waals surface area contributed by atoms with E-state index in [2.05, 4.69) is 140 Å². The van der Waals surface area contributed by atoms with E-state index in [1.54, 1.807) is 0 Å². The van der Waals surface area contributed by atoms with Gasteiger partial charge < -0.3 is 0 Å². The number of hydrogen-bond donors (Lipinski definition) is 0. The van der Waals surface area contributed by atoms with Crippen LogP contribution in [0.3, 0.4) is 0 Å². The lowest BCUT2D eigenvalue weighted by Crippen LogP contribution is -1.92. The molecule has 10 aromatic rings. The SMILES string of the molecule is [2H]c1c([2H])c([2H])c(-c2cc(-c3c4ccccc4cc4c3ccc3ccccc34)cc(-c3c4ccccc4cc4c3ccc3ccccc34)c2)c([2H])c1[2H]. The maximum Gasteiger partial charge on any atom is 0.0629 e. The predicted octanol–water partition coefficient (Wildman–Crippen LogP) is 13.6. The number of benzene rings is 10. The zero-order valence-electron chi connectivity index (χ0n) is 30.9. The molecule has 0 saturated carbocycles. The highest BCUT2D eigenvalue weighted by atomic mass is 14.2. The van der Waals surface area contributed by atoms with Gasteiger partial charge in [0.05, 0.1) is 6.85 Å². The Hall–Kier alpha value is -6.24. The van der Waals surface area contributed by atoms with Crippen LogP contribution in [0, 0.1) is 0 Å². The Labute approximate surface area is 286 Å². The lowest BCUT2D eigenvalue weighted by molar-refractivity contribution is 1.60. The minimum Gasteiger partial charge on any atom is -0.0622 e. The van der Waals surface area contributed by atoms with Crippen molar-refractivity contribution in [3.63, 3.8) is 0 Å². The van der Waals surface area contributed by atoms with E-state index in [1.165, 1.54) is 0 Å². The number of fused-ring (bicyclic) bond motifs is 8.